The number of rotatable bonds is 6. The molecule has 2 aliphatic rings. The Hall–Kier alpha value is -3.41. The number of pyridine rings is 2. The van der Waals surface area contributed by atoms with Gasteiger partial charge in [0.1, 0.15) is 6.54 Å². The second kappa shape index (κ2) is 10.2. The highest BCUT2D eigenvalue weighted by molar-refractivity contribution is 5.82. The number of piperazine rings is 1. The van der Waals surface area contributed by atoms with Crippen LogP contribution >= 0.6 is 0 Å². The molecular weight excluding hydrogens is 462 g/mol. The summed E-state index contributed by atoms with van der Waals surface area (Å²) in [7, 11) is 3.84. The van der Waals surface area contributed by atoms with Crippen LogP contribution in [0.15, 0.2) is 47.5 Å². The largest absolute Gasteiger partial charge is 0.364 e. The average Bonchev–Trinajstić information content (AvgIpc) is 3.25. The molecule has 3 atom stereocenters. The van der Waals surface area contributed by atoms with Crippen LogP contribution in [0.1, 0.15) is 50.9 Å². The van der Waals surface area contributed by atoms with Gasteiger partial charge in [-0.05, 0) is 42.8 Å². The molecular formula is C29H37N7O. The van der Waals surface area contributed by atoms with Crippen LogP contribution in [-0.2, 0) is 13.6 Å². The quantitative estimate of drug-likeness (QED) is 0.474. The normalized spacial score (nSPS) is 21.3. The van der Waals surface area contributed by atoms with Gasteiger partial charge in [0.05, 0.1) is 29.7 Å². The highest BCUT2D eigenvalue weighted by atomic mass is 16.1. The standard InChI is InChI=1S/C29H37N7O/c1-6-24-18-36(26-15-28(37)32(4)27-19-34(13-11-30)33(5)29(26)27)25(7-2)17-35(24)20(3)22-9-8-21-10-12-31-16-23(21)14-22/h8-10,12,14-16,20,24-25H,6-7,13,17-19H2,1-5H3/t20?,24-,25+/m1/s1. The maximum atomic E-state index is 13.0. The van der Waals surface area contributed by atoms with Gasteiger partial charge in [0.25, 0.3) is 5.56 Å². The zero-order chi connectivity index (χ0) is 26.3. The SMILES string of the molecule is CC[C@H]1CN(C(C)c2ccc3ccncc3c2)[C@H](CC)CN1c1cc(=O)n(C)c2c1N(C)N(CC#N)C2. The van der Waals surface area contributed by atoms with E-state index in [9.17, 15) is 10.1 Å². The van der Waals surface area contributed by atoms with E-state index in [4.69, 9.17) is 0 Å². The topological polar surface area (TPSA) is 71.6 Å². The van der Waals surface area contributed by atoms with E-state index in [-0.39, 0.29) is 17.6 Å². The average molecular weight is 500 g/mol. The molecule has 1 fully saturated rings. The molecule has 0 N–H and O–H groups in total. The van der Waals surface area contributed by atoms with Crippen LogP contribution in [0.25, 0.3) is 10.8 Å². The molecule has 0 spiro atoms. The summed E-state index contributed by atoms with van der Waals surface area (Å²) in [4.78, 5) is 22.5. The number of nitriles is 1. The van der Waals surface area contributed by atoms with Crippen molar-refractivity contribution in [2.24, 2.45) is 7.05 Å². The minimum atomic E-state index is 0.00410. The second-order valence-corrected chi connectivity index (χ2v) is 10.4. The zero-order valence-corrected chi connectivity index (χ0v) is 22.6. The van der Waals surface area contributed by atoms with E-state index in [1.54, 1.807) is 10.6 Å². The van der Waals surface area contributed by atoms with Crippen LogP contribution in [0.5, 0.6) is 0 Å². The van der Waals surface area contributed by atoms with Gasteiger partial charge >= 0.3 is 0 Å². The zero-order valence-electron chi connectivity index (χ0n) is 22.6. The number of anilines is 2. The fraction of sp³-hybridized carbons (Fsp3) is 0.483. The van der Waals surface area contributed by atoms with Crippen molar-refractivity contribution in [2.45, 2.75) is 58.3 Å². The molecule has 2 aliphatic heterocycles. The number of fused-ring (bicyclic) bond motifs is 2. The first-order valence-corrected chi connectivity index (χ1v) is 13.3. The Morgan fingerprint density at radius 2 is 1.86 bits per heavy atom. The Morgan fingerprint density at radius 3 is 2.59 bits per heavy atom. The molecule has 0 saturated carbocycles. The monoisotopic (exact) mass is 499 g/mol. The molecule has 0 radical (unpaired) electrons. The summed E-state index contributed by atoms with van der Waals surface area (Å²) >= 11 is 0. The molecule has 0 amide bonds. The van der Waals surface area contributed by atoms with E-state index < -0.39 is 0 Å². The van der Waals surface area contributed by atoms with Crippen molar-refractivity contribution >= 4 is 22.1 Å². The Balaban J connectivity index is 1.49. The molecule has 37 heavy (non-hydrogen) atoms. The third kappa shape index (κ3) is 4.36. The van der Waals surface area contributed by atoms with Gasteiger partial charge < -0.3 is 14.5 Å². The van der Waals surface area contributed by atoms with E-state index in [0.717, 1.165) is 43.0 Å². The predicted molar refractivity (Wildman–Crippen MR) is 148 cm³/mol. The van der Waals surface area contributed by atoms with Crippen LogP contribution in [0, 0.1) is 11.3 Å². The van der Waals surface area contributed by atoms with Crippen LogP contribution in [0.2, 0.25) is 0 Å². The van der Waals surface area contributed by atoms with Gasteiger partial charge in [0.15, 0.2) is 0 Å². The van der Waals surface area contributed by atoms with E-state index in [1.807, 2.05) is 31.5 Å². The van der Waals surface area contributed by atoms with Crippen molar-refractivity contribution in [3.05, 3.63) is 64.3 Å². The molecule has 8 heteroatoms. The number of hydrogen-bond donors (Lipinski definition) is 0. The first-order valence-electron chi connectivity index (χ1n) is 13.3. The van der Waals surface area contributed by atoms with E-state index >= 15 is 0 Å². The summed E-state index contributed by atoms with van der Waals surface area (Å²) in [5.41, 5.74) is 4.33. The summed E-state index contributed by atoms with van der Waals surface area (Å²) in [5, 5.41) is 15.8. The number of aromatic nitrogens is 2. The molecule has 1 saturated heterocycles. The molecule has 3 aromatic rings. The van der Waals surface area contributed by atoms with Gasteiger partial charge in [-0.3, -0.25) is 14.7 Å². The minimum Gasteiger partial charge on any atom is -0.364 e. The predicted octanol–water partition coefficient (Wildman–Crippen LogP) is 4.06. The fourth-order valence-corrected chi connectivity index (χ4v) is 6.15. The van der Waals surface area contributed by atoms with Crippen molar-refractivity contribution in [1.29, 1.82) is 5.26 Å². The Kier molecular flexibility index (Phi) is 6.93. The van der Waals surface area contributed by atoms with Gasteiger partial charge in [-0.15, -0.1) is 0 Å². The Bertz CT molecular complexity index is 1390. The molecule has 1 unspecified atom stereocenters. The molecule has 8 nitrogen and oxygen atoms in total. The van der Waals surface area contributed by atoms with Crippen LogP contribution < -0.4 is 15.5 Å². The van der Waals surface area contributed by atoms with Crippen molar-refractivity contribution in [3.8, 4) is 6.07 Å². The molecule has 2 aromatic heterocycles. The van der Waals surface area contributed by atoms with Gasteiger partial charge in [-0.2, -0.15) is 5.26 Å². The molecule has 0 bridgehead atoms. The molecule has 0 aliphatic carbocycles. The lowest BCUT2D eigenvalue weighted by molar-refractivity contribution is 0.101. The van der Waals surface area contributed by atoms with Gasteiger partial charge in [0, 0.05) is 69.2 Å². The summed E-state index contributed by atoms with van der Waals surface area (Å²) in [6.45, 7) is 9.46. The number of nitrogens with zero attached hydrogens (tertiary/aromatic N) is 7. The lowest BCUT2D eigenvalue weighted by Crippen LogP contribution is -2.59. The Labute approximate surface area is 219 Å². The van der Waals surface area contributed by atoms with E-state index in [2.05, 4.69) is 70.9 Å². The highest BCUT2D eigenvalue weighted by Gasteiger charge is 2.39. The lowest BCUT2D eigenvalue weighted by atomic mass is 9.95. The molecule has 194 valence electrons. The third-order valence-corrected chi connectivity index (χ3v) is 8.48. The number of benzene rings is 1. The van der Waals surface area contributed by atoms with Gasteiger partial charge in [-0.1, -0.05) is 26.0 Å². The van der Waals surface area contributed by atoms with Crippen LogP contribution in [0.4, 0.5) is 11.4 Å². The minimum absolute atomic E-state index is 0.00410. The lowest BCUT2D eigenvalue weighted by Gasteiger charge is -2.50. The highest BCUT2D eigenvalue weighted by Crippen LogP contribution is 2.41. The summed E-state index contributed by atoms with van der Waals surface area (Å²) in [6, 6.07) is 13.7. The molecule has 5 rings (SSSR count). The maximum absolute atomic E-state index is 13.0. The van der Waals surface area contributed by atoms with Gasteiger partial charge in [0.2, 0.25) is 0 Å². The van der Waals surface area contributed by atoms with Crippen LogP contribution in [0.3, 0.4) is 0 Å². The van der Waals surface area contributed by atoms with E-state index in [1.165, 1.54) is 16.3 Å². The first kappa shape index (κ1) is 25.2. The van der Waals surface area contributed by atoms with Crippen LogP contribution in [-0.4, -0.2) is 58.2 Å². The smallest absolute Gasteiger partial charge is 0.252 e. The molecule has 1 aromatic carbocycles. The maximum Gasteiger partial charge on any atom is 0.252 e. The van der Waals surface area contributed by atoms with Crippen molar-refractivity contribution in [2.75, 3.05) is 36.6 Å². The summed E-state index contributed by atoms with van der Waals surface area (Å²) in [6.07, 6.45) is 5.79. The number of hydrazine groups is 1. The Morgan fingerprint density at radius 1 is 1.08 bits per heavy atom. The third-order valence-electron chi connectivity index (χ3n) is 8.48. The summed E-state index contributed by atoms with van der Waals surface area (Å²) in [5.74, 6) is 0. The number of hydrogen-bond acceptors (Lipinski definition) is 7. The first-order chi connectivity index (χ1) is 17.9. The van der Waals surface area contributed by atoms with Crippen molar-refractivity contribution < 1.29 is 0 Å². The van der Waals surface area contributed by atoms with Crippen molar-refractivity contribution in [1.82, 2.24) is 19.5 Å². The molecule has 4 heterocycles. The van der Waals surface area contributed by atoms with Gasteiger partial charge in [-0.25, -0.2) is 5.01 Å². The fourth-order valence-electron chi connectivity index (χ4n) is 6.15. The second-order valence-electron chi connectivity index (χ2n) is 10.4. The summed E-state index contributed by atoms with van der Waals surface area (Å²) < 4.78 is 1.73. The van der Waals surface area contributed by atoms with Crippen molar-refractivity contribution in [3.63, 3.8) is 0 Å². The van der Waals surface area contributed by atoms with E-state index in [0.29, 0.717) is 19.1 Å².